The first-order valence-electron chi connectivity index (χ1n) is 10.6. The number of likely N-dealkylation sites (tertiary alicyclic amines) is 1. The Balaban J connectivity index is 1.85. The maximum absolute atomic E-state index is 12.6. The second-order valence-corrected chi connectivity index (χ2v) is 9.06. The molecule has 1 aromatic rings. The number of rotatable bonds is 5. The van der Waals surface area contributed by atoms with Crippen molar-refractivity contribution >= 4 is 12.1 Å². The van der Waals surface area contributed by atoms with Gasteiger partial charge in [0.25, 0.3) is 0 Å². The molecule has 7 heteroatoms. The summed E-state index contributed by atoms with van der Waals surface area (Å²) in [5.74, 6) is 0.348. The summed E-state index contributed by atoms with van der Waals surface area (Å²) in [6, 6.07) is 5.74. The molecule has 2 aliphatic rings. The third-order valence-corrected chi connectivity index (χ3v) is 5.69. The largest absolute Gasteiger partial charge is 0.493 e. The number of esters is 1. The fourth-order valence-electron chi connectivity index (χ4n) is 4.21. The molecule has 0 unspecified atom stereocenters. The standard InChI is InChI=1S/C23H33NO6/c1-23(2,3)30-22(26)24-13-17(18(14-24)21(25)28-5)15-10-11-19(27-4)20(12-15)29-16-8-6-7-9-16/h10-12,16-18H,6-9,13-14H2,1-5H3/t17-,18-/m1/s1. The van der Waals surface area contributed by atoms with Crippen LogP contribution in [-0.4, -0.2) is 56.0 Å². The van der Waals surface area contributed by atoms with E-state index < -0.39 is 17.6 Å². The normalized spacial score (nSPS) is 22.1. The molecule has 1 amide bonds. The lowest BCUT2D eigenvalue weighted by molar-refractivity contribution is -0.145. The smallest absolute Gasteiger partial charge is 0.410 e. The van der Waals surface area contributed by atoms with Crippen molar-refractivity contribution < 1.29 is 28.5 Å². The molecule has 0 radical (unpaired) electrons. The van der Waals surface area contributed by atoms with Gasteiger partial charge in [0.05, 0.1) is 26.2 Å². The van der Waals surface area contributed by atoms with E-state index in [0.717, 1.165) is 18.4 Å². The van der Waals surface area contributed by atoms with E-state index in [-0.39, 0.29) is 24.5 Å². The molecule has 1 saturated heterocycles. The lowest BCUT2D eigenvalue weighted by Crippen LogP contribution is -2.36. The van der Waals surface area contributed by atoms with E-state index in [0.29, 0.717) is 18.0 Å². The van der Waals surface area contributed by atoms with Crippen LogP contribution in [0.5, 0.6) is 11.5 Å². The minimum absolute atomic E-state index is 0.187. The monoisotopic (exact) mass is 419 g/mol. The van der Waals surface area contributed by atoms with Gasteiger partial charge in [0, 0.05) is 19.0 Å². The summed E-state index contributed by atoms with van der Waals surface area (Å²) in [7, 11) is 2.99. The Hall–Kier alpha value is -2.44. The molecule has 1 saturated carbocycles. The molecule has 0 N–H and O–H groups in total. The van der Waals surface area contributed by atoms with Crippen LogP contribution in [-0.2, 0) is 14.3 Å². The first-order chi connectivity index (χ1) is 14.2. The van der Waals surface area contributed by atoms with Gasteiger partial charge in [0.2, 0.25) is 0 Å². The van der Waals surface area contributed by atoms with Crippen LogP contribution in [0.3, 0.4) is 0 Å². The second kappa shape index (κ2) is 9.14. The maximum atomic E-state index is 12.6. The van der Waals surface area contributed by atoms with Crippen molar-refractivity contribution in [1.82, 2.24) is 4.90 Å². The molecular weight excluding hydrogens is 386 g/mol. The Morgan fingerprint density at radius 2 is 1.73 bits per heavy atom. The predicted molar refractivity (Wildman–Crippen MR) is 112 cm³/mol. The van der Waals surface area contributed by atoms with Gasteiger partial charge >= 0.3 is 12.1 Å². The van der Waals surface area contributed by atoms with Gasteiger partial charge in [-0.1, -0.05) is 6.07 Å². The fourth-order valence-corrected chi connectivity index (χ4v) is 4.21. The van der Waals surface area contributed by atoms with Crippen LogP contribution in [0.15, 0.2) is 18.2 Å². The van der Waals surface area contributed by atoms with Gasteiger partial charge in [-0.2, -0.15) is 0 Å². The van der Waals surface area contributed by atoms with Crippen LogP contribution in [0.1, 0.15) is 57.9 Å². The van der Waals surface area contributed by atoms with Crippen LogP contribution in [0, 0.1) is 5.92 Å². The summed E-state index contributed by atoms with van der Waals surface area (Å²) in [5.41, 5.74) is 0.323. The second-order valence-electron chi connectivity index (χ2n) is 9.06. The summed E-state index contributed by atoms with van der Waals surface area (Å²) in [6.07, 6.45) is 4.18. The Kier molecular flexibility index (Phi) is 6.78. The van der Waals surface area contributed by atoms with Gasteiger partial charge in [-0.05, 0) is 64.2 Å². The Morgan fingerprint density at radius 3 is 2.33 bits per heavy atom. The molecule has 1 aliphatic heterocycles. The van der Waals surface area contributed by atoms with Gasteiger partial charge in [0.1, 0.15) is 5.60 Å². The van der Waals surface area contributed by atoms with Crippen LogP contribution in [0.25, 0.3) is 0 Å². The minimum atomic E-state index is -0.599. The third-order valence-electron chi connectivity index (χ3n) is 5.69. The summed E-state index contributed by atoms with van der Waals surface area (Å²) in [5, 5.41) is 0. The molecule has 166 valence electrons. The summed E-state index contributed by atoms with van der Waals surface area (Å²) >= 11 is 0. The Bertz CT molecular complexity index is 765. The Morgan fingerprint density at radius 1 is 1.03 bits per heavy atom. The van der Waals surface area contributed by atoms with Crippen LogP contribution >= 0.6 is 0 Å². The zero-order valence-electron chi connectivity index (χ0n) is 18.6. The van der Waals surface area contributed by atoms with E-state index in [1.165, 1.54) is 20.0 Å². The number of hydrogen-bond acceptors (Lipinski definition) is 6. The zero-order valence-corrected chi connectivity index (χ0v) is 18.6. The van der Waals surface area contributed by atoms with Crippen molar-refractivity contribution in [2.24, 2.45) is 5.92 Å². The fraction of sp³-hybridized carbons (Fsp3) is 0.652. The molecule has 3 rings (SSSR count). The van der Waals surface area contributed by atoms with E-state index >= 15 is 0 Å². The molecule has 2 fully saturated rings. The average Bonchev–Trinajstić information content (AvgIpc) is 3.36. The molecule has 1 aliphatic carbocycles. The van der Waals surface area contributed by atoms with Gasteiger partial charge in [-0.3, -0.25) is 4.79 Å². The molecule has 30 heavy (non-hydrogen) atoms. The average molecular weight is 420 g/mol. The number of amides is 1. The van der Waals surface area contributed by atoms with E-state index in [2.05, 4.69) is 0 Å². The van der Waals surface area contributed by atoms with Crippen molar-refractivity contribution in [2.75, 3.05) is 27.3 Å². The highest BCUT2D eigenvalue weighted by Crippen LogP contribution is 2.39. The minimum Gasteiger partial charge on any atom is -0.493 e. The number of ether oxygens (including phenoxy) is 4. The number of hydrogen-bond donors (Lipinski definition) is 0. The maximum Gasteiger partial charge on any atom is 0.410 e. The lowest BCUT2D eigenvalue weighted by atomic mass is 9.89. The van der Waals surface area contributed by atoms with E-state index in [1.54, 1.807) is 12.0 Å². The van der Waals surface area contributed by atoms with Gasteiger partial charge in [-0.15, -0.1) is 0 Å². The van der Waals surface area contributed by atoms with Gasteiger partial charge < -0.3 is 23.8 Å². The van der Waals surface area contributed by atoms with Crippen LogP contribution < -0.4 is 9.47 Å². The van der Waals surface area contributed by atoms with Gasteiger partial charge in [-0.25, -0.2) is 4.79 Å². The highest BCUT2D eigenvalue weighted by Gasteiger charge is 2.42. The van der Waals surface area contributed by atoms with E-state index in [9.17, 15) is 9.59 Å². The topological polar surface area (TPSA) is 74.3 Å². The van der Waals surface area contributed by atoms with Crippen molar-refractivity contribution in [3.8, 4) is 11.5 Å². The molecule has 1 heterocycles. The zero-order chi connectivity index (χ0) is 21.9. The van der Waals surface area contributed by atoms with Crippen molar-refractivity contribution in [1.29, 1.82) is 0 Å². The molecule has 0 spiro atoms. The number of carbonyl (C=O) groups is 2. The molecule has 1 aromatic carbocycles. The molecule has 7 nitrogen and oxygen atoms in total. The van der Waals surface area contributed by atoms with Crippen molar-refractivity contribution in [3.63, 3.8) is 0 Å². The SMILES string of the molecule is COC(=O)[C@@H]1CN(C(=O)OC(C)(C)C)C[C@@H]1c1ccc(OC)c(OC2CCCC2)c1. The quantitative estimate of drug-likeness (QED) is 0.668. The van der Waals surface area contributed by atoms with E-state index in [4.69, 9.17) is 18.9 Å². The molecule has 0 bridgehead atoms. The van der Waals surface area contributed by atoms with Crippen molar-refractivity contribution in [3.05, 3.63) is 23.8 Å². The first kappa shape index (κ1) is 22.2. The highest BCUT2D eigenvalue weighted by molar-refractivity contribution is 5.77. The third kappa shape index (κ3) is 5.18. The molecule has 0 aromatic heterocycles. The highest BCUT2D eigenvalue weighted by atomic mass is 16.6. The number of methoxy groups -OCH3 is 2. The van der Waals surface area contributed by atoms with Crippen LogP contribution in [0.2, 0.25) is 0 Å². The van der Waals surface area contributed by atoms with E-state index in [1.807, 2.05) is 39.0 Å². The van der Waals surface area contributed by atoms with Crippen LogP contribution in [0.4, 0.5) is 4.79 Å². The summed E-state index contributed by atoms with van der Waals surface area (Å²) < 4.78 is 22.2. The lowest BCUT2D eigenvalue weighted by Gasteiger charge is -2.24. The first-order valence-corrected chi connectivity index (χ1v) is 10.6. The summed E-state index contributed by atoms with van der Waals surface area (Å²) in [4.78, 5) is 26.7. The Labute approximate surface area is 178 Å². The van der Waals surface area contributed by atoms with Crippen molar-refractivity contribution in [2.45, 2.75) is 64.1 Å². The summed E-state index contributed by atoms with van der Waals surface area (Å²) in [6.45, 7) is 6.12. The number of nitrogens with zero attached hydrogens (tertiary/aromatic N) is 1. The molecular formula is C23H33NO6. The predicted octanol–water partition coefficient (Wildman–Crippen LogP) is 4.14. The van der Waals surface area contributed by atoms with Gasteiger partial charge in [0.15, 0.2) is 11.5 Å². The number of carbonyl (C=O) groups excluding carboxylic acids is 2. The number of benzene rings is 1. The molecule has 2 atom stereocenters.